The monoisotopic (exact) mass is 549 g/mol. The molecule has 0 bridgehead atoms. The highest BCUT2D eigenvalue weighted by Gasteiger charge is 2.27. The summed E-state index contributed by atoms with van der Waals surface area (Å²) in [5.41, 5.74) is 2.61. The summed E-state index contributed by atoms with van der Waals surface area (Å²) >= 11 is 2.96. The number of nitriles is 1. The van der Waals surface area contributed by atoms with Crippen LogP contribution in [0.5, 0.6) is 11.5 Å². The van der Waals surface area contributed by atoms with Crippen LogP contribution in [0.4, 0.5) is 10.7 Å². The number of rotatable bonds is 9. The molecule has 3 aromatic rings. The number of methoxy groups -OCH3 is 2. The molecule has 0 spiro atoms. The molecule has 0 saturated carbocycles. The third-order valence-electron chi connectivity index (χ3n) is 6.55. The number of thioether (sulfide) groups is 1. The number of carbonyl (C=O) groups excluding carboxylic acids is 2. The molecule has 2 N–H and O–H groups in total. The number of ether oxygens (including phenoxy) is 2. The first-order valence-corrected chi connectivity index (χ1v) is 14.2. The van der Waals surface area contributed by atoms with Crippen LogP contribution in [0.3, 0.4) is 0 Å². The Labute approximate surface area is 231 Å². The lowest BCUT2D eigenvalue weighted by Crippen LogP contribution is -2.24. The summed E-state index contributed by atoms with van der Waals surface area (Å²) in [5.74, 6) is 0.931. The van der Waals surface area contributed by atoms with Gasteiger partial charge in [-0.15, -0.1) is 23.1 Å². The minimum Gasteiger partial charge on any atom is -0.496 e. The van der Waals surface area contributed by atoms with Gasteiger partial charge in [0.25, 0.3) is 5.91 Å². The number of anilines is 2. The lowest BCUT2D eigenvalue weighted by Gasteiger charge is -2.17. The van der Waals surface area contributed by atoms with E-state index >= 15 is 0 Å². The summed E-state index contributed by atoms with van der Waals surface area (Å²) in [6.07, 6.45) is 3.51. The topological polar surface area (TPSA) is 100 Å². The standard InChI is InChI=1S/C29H31N3O4S2/c1-5-24(27(33)32-29-21(16-30)20-13-12-17(2)14-25(20)38-29)37-19-9-6-8-18(15-19)31-28(34)26-22(35-3)10-7-11-23(26)36-4/h6-11,15,17,24H,5,12-14H2,1-4H3,(H,31,34)(H,32,33). The molecule has 2 atom stereocenters. The third-order valence-corrected chi connectivity index (χ3v) is 9.08. The number of hydrogen-bond donors (Lipinski definition) is 2. The van der Waals surface area contributed by atoms with Crippen LogP contribution in [-0.2, 0) is 17.6 Å². The van der Waals surface area contributed by atoms with E-state index in [1.54, 1.807) is 24.3 Å². The maximum atomic E-state index is 13.2. The van der Waals surface area contributed by atoms with Crippen LogP contribution in [0.2, 0.25) is 0 Å². The highest BCUT2D eigenvalue weighted by Crippen LogP contribution is 2.40. The van der Waals surface area contributed by atoms with Crippen LogP contribution in [0.1, 0.15) is 53.1 Å². The van der Waals surface area contributed by atoms with Crippen LogP contribution >= 0.6 is 23.1 Å². The van der Waals surface area contributed by atoms with Gasteiger partial charge in [0.2, 0.25) is 5.91 Å². The highest BCUT2D eigenvalue weighted by molar-refractivity contribution is 8.00. The zero-order valence-corrected chi connectivity index (χ0v) is 23.6. The second-order valence-electron chi connectivity index (χ2n) is 9.19. The predicted octanol–water partition coefficient (Wildman–Crippen LogP) is 6.52. The number of benzene rings is 2. The number of hydrogen-bond acceptors (Lipinski definition) is 7. The Morgan fingerprint density at radius 3 is 2.53 bits per heavy atom. The maximum Gasteiger partial charge on any atom is 0.263 e. The minimum absolute atomic E-state index is 0.131. The molecule has 2 unspecified atom stereocenters. The van der Waals surface area contributed by atoms with Gasteiger partial charge in [-0.3, -0.25) is 9.59 Å². The van der Waals surface area contributed by atoms with E-state index in [-0.39, 0.29) is 17.1 Å². The fourth-order valence-electron chi connectivity index (χ4n) is 4.55. The Morgan fingerprint density at radius 1 is 1.16 bits per heavy atom. The van der Waals surface area contributed by atoms with Crippen molar-refractivity contribution in [3.8, 4) is 17.6 Å². The average Bonchev–Trinajstić information content (AvgIpc) is 3.26. The first-order valence-electron chi connectivity index (χ1n) is 12.5. The average molecular weight is 550 g/mol. The van der Waals surface area contributed by atoms with Gasteiger partial charge in [-0.2, -0.15) is 5.26 Å². The summed E-state index contributed by atoms with van der Waals surface area (Å²) in [4.78, 5) is 28.4. The second-order valence-corrected chi connectivity index (χ2v) is 11.6. The normalized spacial score (nSPS) is 15.1. The second kappa shape index (κ2) is 12.4. The van der Waals surface area contributed by atoms with E-state index in [0.29, 0.717) is 45.7 Å². The van der Waals surface area contributed by atoms with Gasteiger partial charge >= 0.3 is 0 Å². The van der Waals surface area contributed by atoms with Crippen molar-refractivity contribution in [2.75, 3.05) is 24.9 Å². The molecule has 4 rings (SSSR count). The summed E-state index contributed by atoms with van der Waals surface area (Å²) in [6.45, 7) is 4.18. The highest BCUT2D eigenvalue weighted by atomic mass is 32.2. The quantitative estimate of drug-likeness (QED) is 0.295. The molecule has 38 heavy (non-hydrogen) atoms. The van der Waals surface area contributed by atoms with Gasteiger partial charge in [-0.05, 0) is 67.5 Å². The van der Waals surface area contributed by atoms with E-state index in [2.05, 4.69) is 23.6 Å². The molecule has 0 radical (unpaired) electrons. The van der Waals surface area contributed by atoms with Gasteiger partial charge < -0.3 is 20.1 Å². The van der Waals surface area contributed by atoms with Crippen LogP contribution in [0.15, 0.2) is 47.4 Å². The smallest absolute Gasteiger partial charge is 0.263 e. The Hall–Kier alpha value is -3.48. The SMILES string of the molecule is CCC(Sc1cccc(NC(=O)c2c(OC)cccc2OC)c1)C(=O)Nc1sc2c(c1C#N)CCC(C)C2. The molecule has 0 saturated heterocycles. The zero-order chi connectivity index (χ0) is 27.2. The minimum atomic E-state index is -0.361. The number of nitrogens with one attached hydrogen (secondary N) is 2. The van der Waals surface area contributed by atoms with E-state index in [4.69, 9.17) is 9.47 Å². The Morgan fingerprint density at radius 2 is 1.87 bits per heavy atom. The molecular formula is C29H31N3O4S2. The molecule has 0 aliphatic heterocycles. The molecular weight excluding hydrogens is 518 g/mol. The van der Waals surface area contributed by atoms with Crippen LogP contribution in [0, 0.1) is 17.2 Å². The largest absolute Gasteiger partial charge is 0.496 e. The molecule has 2 amide bonds. The van der Waals surface area contributed by atoms with E-state index in [0.717, 1.165) is 29.7 Å². The molecule has 198 valence electrons. The van der Waals surface area contributed by atoms with Gasteiger partial charge in [-0.1, -0.05) is 26.0 Å². The van der Waals surface area contributed by atoms with E-state index in [1.807, 2.05) is 25.1 Å². The molecule has 7 nitrogen and oxygen atoms in total. The zero-order valence-electron chi connectivity index (χ0n) is 21.9. The lowest BCUT2D eigenvalue weighted by molar-refractivity contribution is -0.115. The van der Waals surface area contributed by atoms with Gasteiger partial charge in [-0.25, -0.2) is 0 Å². The fraction of sp³-hybridized carbons (Fsp3) is 0.345. The predicted molar refractivity (Wildman–Crippen MR) is 153 cm³/mol. The van der Waals surface area contributed by atoms with Crippen molar-refractivity contribution in [2.45, 2.75) is 49.7 Å². The number of fused-ring (bicyclic) bond motifs is 1. The van der Waals surface area contributed by atoms with Crippen LogP contribution in [-0.4, -0.2) is 31.3 Å². The Balaban J connectivity index is 1.47. The van der Waals surface area contributed by atoms with Crippen molar-refractivity contribution < 1.29 is 19.1 Å². The maximum absolute atomic E-state index is 13.2. The van der Waals surface area contributed by atoms with Gasteiger partial charge in [0.1, 0.15) is 28.1 Å². The van der Waals surface area contributed by atoms with Crippen molar-refractivity contribution in [2.24, 2.45) is 5.92 Å². The van der Waals surface area contributed by atoms with Crippen LogP contribution in [0.25, 0.3) is 0 Å². The van der Waals surface area contributed by atoms with E-state index in [9.17, 15) is 14.9 Å². The van der Waals surface area contributed by atoms with Gasteiger partial charge in [0.15, 0.2) is 0 Å². The van der Waals surface area contributed by atoms with Crippen molar-refractivity contribution in [1.82, 2.24) is 0 Å². The number of nitrogens with zero attached hydrogens (tertiary/aromatic N) is 1. The number of amides is 2. The molecule has 0 fully saturated rings. The molecule has 2 aromatic carbocycles. The van der Waals surface area contributed by atoms with Crippen molar-refractivity contribution in [3.05, 3.63) is 64.0 Å². The molecule has 1 aromatic heterocycles. The summed E-state index contributed by atoms with van der Waals surface area (Å²) in [7, 11) is 3.01. The van der Waals surface area contributed by atoms with E-state index < -0.39 is 0 Å². The molecule has 1 aliphatic rings. The molecule has 1 aliphatic carbocycles. The summed E-state index contributed by atoms with van der Waals surface area (Å²) < 4.78 is 10.7. The first-order chi connectivity index (χ1) is 18.4. The Kier molecular flexibility index (Phi) is 8.97. The van der Waals surface area contributed by atoms with Crippen molar-refractivity contribution in [3.63, 3.8) is 0 Å². The summed E-state index contributed by atoms with van der Waals surface area (Å²) in [6, 6.07) is 14.9. The Bertz CT molecular complexity index is 1360. The van der Waals surface area contributed by atoms with Crippen molar-refractivity contribution >= 4 is 45.6 Å². The number of carbonyl (C=O) groups is 2. The number of thiophene rings is 1. The fourth-order valence-corrected chi connectivity index (χ4v) is 6.93. The molecule has 1 heterocycles. The third kappa shape index (κ3) is 5.98. The first kappa shape index (κ1) is 27.6. The van der Waals surface area contributed by atoms with Gasteiger partial charge in [0.05, 0.1) is 25.0 Å². The summed E-state index contributed by atoms with van der Waals surface area (Å²) in [5, 5.41) is 16.0. The van der Waals surface area contributed by atoms with E-state index in [1.165, 1.54) is 42.2 Å². The van der Waals surface area contributed by atoms with Crippen molar-refractivity contribution in [1.29, 1.82) is 5.26 Å². The van der Waals surface area contributed by atoms with Crippen LogP contribution < -0.4 is 20.1 Å². The molecule has 9 heteroatoms. The lowest BCUT2D eigenvalue weighted by atomic mass is 9.88. The van der Waals surface area contributed by atoms with Gasteiger partial charge in [0, 0.05) is 15.5 Å².